The van der Waals surface area contributed by atoms with Gasteiger partial charge >= 0.3 is 0 Å². The molecule has 34 heavy (non-hydrogen) atoms. The van der Waals surface area contributed by atoms with Gasteiger partial charge in [-0.2, -0.15) is 5.10 Å². The fraction of sp³-hybridized carbons (Fsp3) is 0.241. The third kappa shape index (κ3) is 2.67. The lowest BCUT2D eigenvalue weighted by molar-refractivity contribution is 0.491. The summed E-state index contributed by atoms with van der Waals surface area (Å²) >= 11 is 0. The molecule has 3 heterocycles. The molecule has 168 valence electrons. The van der Waals surface area contributed by atoms with Gasteiger partial charge in [0.2, 0.25) is 0 Å². The summed E-state index contributed by atoms with van der Waals surface area (Å²) in [6, 6.07) is 26.5. The first kappa shape index (κ1) is 19.6. The van der Waals surface area contributed by atoms with Crippen molar-refractivity contribution in [3.8, 4) is 11.4 Å². The van der Waals surface area contributed by atoms with E-state index in [9.17, 15) is 0 Å². The molecule has 3 aromatic carbocycles. The van der Waals surface area contributed by atoms with E-state index in [1.807, 2.05) is 6.08 Å². The molecule has 0 spiro atoms. The third-order valence-corrected chi connectivity index (χ3v) is 7.90. The van der Waals surface area contributed by atoms with Gasteiger partial charge in [0.15, 0.2) is 5.82 Å². The van der Waals surface area contributed by atoms with Crippen LogP contribution in [0.25, 0.3) is 11.4 Å². The molecule has 0 N–H and O–H groups in total. The van der Waals surface area contributed by atoms with Crippen molar-refractivity contribution in [2.45, 2.75) is 31.1 Å². The summed E-state index contributed by atoms with van der Waals surface area (Å²) in [6.45, 7) is 4.89. The maximum atomic E-state index is 4.81. The molecule has 5 heteroatoms. The SMILES string of the molecule is C=CCc1ccccc1-c1ncnn1C1C2c3ccccc3CN3c4ccccc4N(C)C3C21. The Morgan fingerprint density at radius 3 is 2.62 bits per heavy atom. The lowest BCUT2D eigenvalue weighted by Crippen LogP contribution is -2.43. The minimum atomic E-state index is 0.264. The number of benzene rings is 3. The van der Waals surface area contributed by atoms with E-state index in [1.54, 1.807) is 6.33 Å². The molecule has 5 nitrogen and oxygen atoms in total. The summed E-state index contributed by atoms with van der Waals surface area (Å²) in [6.07, 6.45) is 4.78. The first-order valence-corrected chi connectivity index (χ1v) is 12.0. The highest BCUT2D eigenvalue weighted by atomic mass is 15.4. The number of hydrogen-bond donors (Lipinski definition) is 0. The van der Waals surface area contributed by atoms with E-state index in [-0.39, 0.29) is 6.04 Å². The van der Waals surface area contributed by atoms with Gasteiger partial charge in [-0.15, -0.1) is 6.58 Å². The largest absolute Gasteiger partial charge is 0.352 e. The molecule has 0 saturated heterocycles. The maximum absolute atomic E-state index is 4.81. The van der Waals surface area contributed by atoms with Gasteiger partial charge in [-0.1, -0.05) is 66.7 Å². The van der Waals surface area contributed by atoms with E-state index in [0.29, 0.717) is 18.0 Å². The Morgan fingerprint density at radius 1 is 0.971 bits per heavy atom. The molecule has 1 aliphatic carbocycles. The molecular weight excluding hydrogens is 418 g/mol. The van der Waals surface area contributed by atoms with Crippen LogP contribution in [0, 0.1) is 5.92 Å². The molecule has 4 aromatic rings. The van der Waals surface area contributed by atoms with E-state index < -0.39 is 0 Å². The van der Waals surface area contributed by atoms with Crippen molar-refractivity contribution in [3.05, 3.63) is 108 Å². The second-order valence-corrected chi connectivity index (χ2v) is 9.61. The van der Waals surface area contributed by atoms with Crippen LogP contribution in [0.4, 0.5) is 11.4 Å². The van der Waals surface area contributed by atoms with Crippen molar-refractivity contribution in [3.63, 3.8) is 0 Å². The number of fused-ring (bicyclic) bond motifs is 7. The fourth-order valence-corrected chi connectivity index (χ4v) is 6.45. The number of allylic oxidation sites excluding steroid dienone is 1. The number of hydrogen-bond acceptors (Lipinski definition) is 4. The number of para-hydroxylation sites is 2. The highest BCUT2D eigenvalue weighted by molar-refractivity contribution is 5.78. The molecule has 0 bridgehead atoms. The first-order valence-electron chi connectivity index (χ1n) is 12.0. The van der Waals surface area contributed by atoms with Crippen LogP contribution in [0.15, 0.2) is 91.8 Å². The van der Waals surface area contributed by atoms with Crippen molar-refractivity contribution in [1.82, 2.24) is 14.8 Å². The summed E-state index contributed by atoms with van der Waals surface area (Å²) in [5, 5.41) is 4.81. The predicted octanol–water partition coefficient (Wildman–Crippen LogP) is 5.42. The number of rotatable bonds is 4. The van der Waals surface area contributed by atoms with Crippen LogP contribution in [0.1, 0.15) is 28.7 Å². The van der Waals surface area contributed by atoms with Crippen LogP contribution in [-0.4, -0.2) is 28.0 Å². The summed E-state index contributed by atoms with van der Waals surface area (Å²) in [5.41, 5.74) is 7.90. The topological polar surface area (TPSA) is 37.2 Å². The molecule has 1 saturated carbocycles. The molecule has 0 amide bonds. The molecule has 4 unspecified atom stereocenters. The van der Waals surface area contributed by atoms with Crippen LogP contribution < -0.4 is 9.80 Å². The Kier molecular flexibility index (Phi) is 4.22. The van der Waals surface area contributed by atoms with Crippen LogP contribution >= 0.6 is 0 Å². The van der Waals surface area contributed by atoms with E-state index in [0.717, 1.165) is 24.4 Å². The number of aromatic nitrogens is 3. The minimum absolute atomic E-state index is 0.264. The second-order valence-electron chi connectivity index (χ2n) is 9.61. The summed E-state index contributed by atoms with van der Waals surface area (Å²) in [7, 11) is 2.24. The highest BCUT2D eigenvalue weighted by Gasteiger charge is 2.63. The van der Waals surface area contributed by atoms with Crippen LogP contribution in [0.5, 0.6) is 0 Å². The molecule has 1 fully saturated rings. The molecule has 3 aliphatic rings. The third-order valence-electron chi connectivity index (χ3n) is 7.90. The molecule has 2 aliphatic heterocycles. The van der Waals surface area contributed by atoms with Crippen LogP contribution in [0.3, 0.4) is 0 Å². The average molecular weight is 446 g/mol. The Morgan fingerprint density at radius 2 is 1.74 bits per heavy atom. The Bertz CT molecular complexity index is 1400. The Labute approximate surface area is 200 Å². The lowest BCUT2D eigenvalue weighted by atomic mass is 10.0. The van der Waals surface area contributed by atoms with Gasteiger partial charge < -0.3 is 9.80 Å². The summed E-state index contributed by atoms with van der Waals surface area (Å²) < 4.78 is 2.20. The smallest absolute Gasteiger partial charge is 0.158 e. The first-order chi connectivity index (χ1) is 16.8. The van der Waals surface area contributed by atoms with Crippen molar-refractivity contribution >= 4 is 11.4 Å². The number of anilines is 2. The van der Waals surface area contributed by atoms with Crippen molar-refractivity contribution in [2.24, 2.45) is 5.92 Å². The van der Waals surface area contributed by atoms with Gasteiger partial charge in [-0.3, -0.25) is 0 Å². The van der Waals surface area contributed by atoms with E-state index in [1.165, 1.54) is 28.1 Å². The predicted molar refractivity (Wildman–Crippen MR) is 136 cm³/mol. The normalized spacial score (nSPS) is 24.0. The fourth-order valence-electron chi connectivity index (χ4n) is 6.45. The zero-order valence-electron chi connectivity index (χ0n) is 19.2. The molecule has 0 radical (unpaired) electrons. The average Bonchev–Trinajstić information content (AvgIpc) is 3.31. The van der Waals surface area contributed by atoms with Crippen molar-refractivity contribution < 1.29 is 0 Å². The van der Waals surface area contributed by atoms with Gasteiger partial charge in [-0.25, -0.2) is 9.67 Å². The van der Waals surface area contributed by atoms with Crippen molar-refractivity contribution in [1.29, 1.82) is 0 Å². The summed E-state index contributed by atoms with van der Waals surface area (Å²) in [5.74, 6) is 1.79. The second kappa shape index (κ2) is 7.32. The minimum Gasteiger partial charge on any atom is -0.352 e. The lowest BCUT2D eigenvalue weighted by Gasteiger charge is -2.31. The van der Waals surface area contributed by atoms with Gasteiger partial charge in [-0.05, 0) is 35.2 Å². The Hall–Kier alpha value is -3.86. The highest BCUT2D eigenvalue weighted by Crippen LogP contribution is 2.65. The molecular formula is C29H27N5. The molecule has 7 rings (SSSR count). The van der Waals surface area contributed by atoms with Crippen LogP contribution in [-0.2, 0) is 13.0 Å². The zero-order valence-corrected chi connectivity index (χ0v) is 19.2. The van der Waals surface area contributed by atoms with E-state index >= 15 is 0 Å². The van der Waals surface area contributed by atoms with E-state index in [4.69, 9.17) is 10.1 Å². The summed E-state index contributed by atoms with van der Waals surface area (Å²) in [4.78, 5) is 9.83. The van der Waals surface area contributed by atoms with Crippen molar-refractivity contribution in [2.75, 3.05) is 16.8 Å². The van der Waals surface area contributed by atoms with Gasteiger partial charge in [0, 0.05) is 31.0 Å². The molecule has 1 aromatic heterocycles. The van der Waals surface area contributed by atoms with Gasteiger partial charge in [0.1, 0.15) is 12.5 Å². The van der Waals surface area contributed by atoms with Gasteiger partial charge in [0.25, 0.3) is 0 Å². The van der Waals surface area contributed by atoms with Gasteiger partial charge in [0.05, 0.1) is 17.4 Å². The number of nitrogens with zero attached hydrogens (tertiary/aromatic N) is 5. The van der Waals surface area contributed by atoms with E-state index in [2.05, 4.69) is 101 Å². The quantitative estimate of drug-likeness (QED) is 0.393. The van der Waals surface area contributed by atoms with Crippen LogP contribution in [0.2, 0.25) is 0 Å². The zero-order chi connectivity index (χ0) is 22.8. The monoisotopic (exact) mass is 445 g/mol. The molecule has 4 atom stereocenters. The Balaban J connectivity index is 1.37. The maximum Gasteiger partial charge on any atom is 0.158 e. The standard InChI is InChI=1S/C29H27N5/c1-3-10-19-11-4-7-14-22(19)28-30-18-31-34(28)27-25-21-13-6-5-12-20(21)17-33-24-16-9-8-15-23(24)32(2)29(33)26(25)27/h3-9,11-16,18,25-27,29H,1,10,17H2,2H3.